The van der Waals surface area contributed by atoms with Gasteiger partial charge in [0.05, 0.1) is 18.3 Å². The molecule has 2 atom stereocenters. The SMILES string of the molecule is COc1cccc(CS[C@H](C)C(=O)N2CCC[C@H](C(N)=O)C2)c1. The Kier molecular flexibility index (Phi) is 6.33. The predicted molar refractivity (Wildman–Crippen MR) is 92.2 cm³/mol. The second-order valence-corrected chi connectivity index (χ2v) is 7.16. The highest BCUT2D eigenvalue weighted by atomic mass is 32.2. The number of rotatable bonds is 6. The molecule has 1 aliphatic heterocycles. The van der Waals surface area contributed by atoms with Gasteiger partial charge in [0.2, 0.25) is 11.8 Å². The molecule has 0 bridgehead atoms. The lowest BCUT2D eigenvalue weighted by Crippen LogP contribution is -2.46. The number of primary amides is 1. The normalized spacial score (nSPS) is 19.2. The molecular formula is C17H24N2O3S. The van der Waals surface area contributed by atoms with Gasteiger partial charge in [0.15, 0.2) is 0 Å². The summed E-state index contributed by atoms with van der Waals surface area (Å²) in [6, 6.07) is 7.86. The Bertz CT molecular complexity index is 565. The summed E-state index contributed by atoms with van der Waals surface area (Å²) in [5, 5.41) is -0.146. The van der Waals surface area contributed by atoms with E-state index >= 15 is 0 Å². The number of amides is 2. The molecule has 0 spiro atoms. The van der Waals surface area contributed by atoms with Crippen molar-refractivity contribution in [2.45, 2.75) is 30.8 Å². The number of carbonyl (C=O) groups is 2. The van der Waals surface area contributed by atoms with Crippen LogP contribution in [0.15, 0.2) is 24.3 Å². The molecule has 2 amide bonds. The largest absolute Gasteiger partial charge is 0.497 e. The number of nitrogens with zero attached hydrogens (tertiary/aromatic N) is 1. The molecule has 2 N–H and O–H groups in total. The molecule has 5 nitrogen and oxygen atoms in total. The number of benzene rings is 1. The highest BCUT2D eigenvalue weighted by Gasteiger charge is 2.29. The molecule has 0 aromatic heterocycles. The van der Waals surface area contributed by atoms with Crippen molar-refractivity contribution in [1.29, 1.82) is 0 Å². The number of piperidine rings is 1. The molecule has 1 aromatic carbocycles. The van der Waals surface area contributed by atoms with Gasteiger partial charge >= 0.3 is 0 Å². The quantitative estimate of drug-likeness (QED) is 0.863. The number of hydrogen-bond donors (Lipinski definition) is 1. The van der Waals surface area contributed by atoms with Crippen LogP contribution in [0.2, 0.25) is 0 Å². The van der Waals surface area contributed by atoms with E-state index in [1.165, 1.54) is 0 Å². The molecule has 1 aliphatic rings. The van der Waals surface area contributed by atoms with Crippen LogP contribution in [0.4, 0.5) is 0 Å². The maximum atomic E-state index is 12.5. The molecule has 1 fully saturated rings. The van der Waals surface area contributed by atoms with Gasteiger partial charge in [-0.1, -0.05) is 12.1 Å². The van der Waals surface area contributed by atoms with Crippen LogP contribution < -0.4 is 10.5 Å². The van der Waals surface area contributed by atoms with Crippen LogP contribution in [0.1, 0.15) is 25.3 Å². The first kappa shape index (κ1) is 17.7. The average molecular weight is 336 g/mol. The van der Waals surface area contributed by atoms with Gasteiger partial charge < -0.3 is 15.4 Å². The standard InChI is InChI=1S/C17H24N2O3S/c1-12(23-11-13-5-3-7-15(9-13)22-2)17(21)19-8-4-6-14(10-19)16(18)20/h3,5,7,9,12,14H,4,6,8,10-11H2,1-2H3,(H2,18,20)/t12-,14+/m1/s1. The highest BCUT2D eigenvalue weighted by Crippen LogP contribution is 2.24. The third-order valence-electron chi connectivity index (χ3n) is 4.12. The third-order valence-corrected chi connectivity index (χ3v) is 5.32. The van der Waals surface area contributed by atoms with Crippen LogP contribution in [0.3, 0.4) is 0 Å². The van der Waals surface area contributed by atoms with Gasteiger partial charge in [-0.2, -0.15) is 0 Å². The van der Waals surface area contributed by atoms with E-state index in [9.17, 15) is 9.59 Å². The number of thioether (sulfide) groups is 1. The highest BCUT2D eigenvalue weighted by molar-refractivity contribution is 7.99. The Labute approximate surface area is 141 Å². The van der Waals surface area contributed by atoms with Crippen LogP contribution in [0.25, 0.3) is 0 Å². The summed E-state index contributed by atoms with van der Waals surface area (Å²) >= 11 is 1.60. The van der Waals surface area contributed by atoms with E-state index in [1.807, 2.05) is 31.2 Å². The summed E-state index contributed by atoms with van der Waals surface area (Å²) in [5.41, 5.74) is 6.50. The molecule has 0 saturated carbocycles. The van der Waals surface area contributed by atoms with Gasteiger partial charge in [0, 0.05) is 18.8 Å². The van der Waals surface area contributed by atoms with Gasteiger partial charge in [-0.3, -0.25) is 9.59 Å². The molecule has 126 valence electrons. The lowest BCUT2D eigenvalue weighted by atomic mass is 9.97. The van der Waals surface area contributed by atoms with Crippen LogP contribution in [-0.2, 0) is 15.3 Å². The number of nitrogens with two attached hydrogens (primary N) is 1. The molecule has 1 heterocycles. The second kappa shape index (κ2) is 8.24. The number of ether oxygens (including phenoxy) is 1. The summed E-state index contributed by atoms with van der Waals surface area (Å²) in [5.74, 6) is 1.14. The van der Waals surface area contributed by atoms with E-state index in [1.54, 1.807) is 23.8 Å². The van der Waals surface area contributed by atoms with Crippen LogP contribution in [0.5, 0.6) is 5.75 Å². The third kappa shape index (κ3) is 4.89. The number of methoxy groups -OCH3 is 1. The molecule has 6 heteroatoms. The van der Waals surface area contributed by atoms with Crippen molar-refractivity contribution in [3.8, 4) is 5.75 Å². The average Bonchev–Trinajstić information content (AvgIpc) is 2.59. The monoisotopic (exact) mass is 336 g/mol. The summed E-state index contributed by atoms with van der Waals surface area (Å²) < 4.78 is 5.21. The fraction of sp³-hybridized carbons (Fsp3) is 0.529. The van der Waals surface area contributed by atoms with E-state index in [4.69, 9.17) is 10.5 Å². The summed E-state index contributed by atoms with van der Waals surface area (Å²) in [6.07, 6.45) is 1.62. The Balaban J connectivity index is 1.88. The van der Waals surface area contributed by atoms with E-state index < -0.39 is 0 Å². The maximum absolute atomic E-state index is 12.5. The molecule has 0 radical (unpaired) electrons. The van der Waals surface area contributed by atoms with Crippen molar-refractivity contribution >= 4 is 23.6 Å². The number of hydrogen-bond acceptors (Lipinski definition) is 4. The Morgan fingerprint density at radius 2 is 2.26 bits per heavy atom. The fourth-order valence-corrected chi connectivity index (χ4v) is 3.64. The minimum absolute atomic E-state index is 0.0869. The minimum atomic E-state index is -0.306. The molecule has 0 aliphatic carbocycles. The van der Waals surface area contributed by atoms with E-state index in [-0.39, 0.29) is 23.0 Å². The van der Waals surface area contributed by atoms with Crippen molar-refractivity contribution < 1.29 is 14.3 Å². The van der Waals surface area contributed by atoms with E-state index in [0.29, 0.717) is 13.1 Å². The smallest absolute Gasteiger partial charge is 0.235 e. The van der Waals surface area contributed by atoms with Crippen LogP contribution in [-0.4, -0.2) is 42.2 Å². The molecular weight excluding hydrogens is 312 g/mol. The zero-order valence-corrected chi connectivity index (χ0v) is 14.5. The maximum Gasteiger partial charge on any atom is 0.235 e. The molecule has 1 aromatic rings. The van der Waals surface area contributed by atoms with Gasteiger partial charge in [-0.15, -0.1) is 11.8 Å². The molecule has 23 heavy (non-hydrogen) atoms. The number of likely N-dealkylation sites (tertiary alicyclic amines) is 1. The first-order valence-electron chi connectivity index (χ1n) is 7.84. The van der Waals surface area contributed by atoms with Gasteiger partial charge in [-0.25, -0.2) is 0 Å². The Morgan fingerprint density at radius 1 is 1.48 bits per heavy atom. The van der Waals surface area contributed by atoms with Crippen molar-refractivity contribution in [3.05, 3.63) is 29.8 Å². The zero-order chi connectivity index (χ0) is 16.8. The van der Waals surface area contributed by atoms with E-state index in [0.717, 1.165) is 29.9 Å². The number of carbonyl (C=O) groups excluding carboxylic acids is 2. The van der Waals surface area contributed by atoms with Gasteiger partial charge in [0.1, 0.15) is 5.75 Å². The summed E-state index contributed by atoms with van der Waals surface area (Å²) in [6.45, 7) is 3.09. The van der Waals surface area contributed by atoms with E-state index in [2.05, 4.69) is 0 Å². The minimum Gasteiger partial charge on any atom is -0.497 e. The first-order chi connectivity index (χ1) is 11.0. The van der Waals surface area contributed by atoms with Crippen LogP contribution in [0, 0.1) is 5.92 Å². The first-order valence-corrected chi connectivity index (χ1v) is 8.88. The molecule has 0 unspecified atom stereocenters. The van der Waals surface area contributed by atoms with Crippen molar-refractivity contribution in [2.24, 2.45) is 11.7 Å². The second-order valence-electron chi connectivity index (χ2n) is 5.83. The molecule has 1 saturated heterocycles. The lowest BCUT2D eigenvalue weighted by molar-refractivity contribution is -0.134. The van der Waals surface area contributed by atoms with Crippen molar-refractivity contribution in [2.75, 3.05) is 20.2 Å². The summed E-state index contributed by atoms with van der Waals surface area (Å²) in [4.78, 5) is 25.6. The predicted octanol–water partition coefficient (Wildman–Crippen LogP) is 2.04. The van der Waals surface area contributed by atoms with Gasteiger partial charge in [-0.05, 0) is 37.5 Å². The molecule has 2 rings (SSSR count). The fourth-order valence-electron chi connectivity index (χ4n) is 2.72. The van der Waals surface area contributed by atoms with Crippen molar-refractivity contribution in [3.63, 3.8) is 0 Å². The zero-order valence-electron chi connectivity index (χ0n) is 13.7. The van der Waals surface area contributed by atoms with Crippen LogP contribution >= 0.6 is 11.8 Å². The van der Waals surface area contributed by atoms with Crippen molar-refractivity contribution in [1.82, 2.24) is 4.90 Å². The lowest BCUT2D eigenvalue weighted by Gasteiger charge is -2.32. The van der Waals surface area contributed by atoms with Gasteiger partial charge in [0.25, 0.3) is 0 Å². The topological polar surface area (TPSA) is 72.6 Å². The Morgan fingerprint density at radius 3 is 2.96 bits per heavy atom. The summed E-state index contributed by atoms with van der Waals surface area (Å²) in [7, 11) is 1.64. The Hall–Kier alpha value is -1.69.